The predicted molar refractivity (Wildman–Crippen MR) is 144 cm³/mol. The number of ether oxygens (including phenoxy) is 3. The van der Waals surface area contributed by atoms with Crippen molar-refractivity contribution in [3.05, 3.63) is 85.3 Å². The number of carbonyl (C=O) groups is 3. The van der Waals surface area contributed by atoms with Crippen LogP contribution >= 0.6 is 22.6 Å². The van der Waals surface area contributed by atoms with Gasteiger partial charge in [0, 0.05) is 0 Å². The van der Waals surface area contributed by atoms with E-state index in [4.69, 9.17) is 9.29 Å². The molecular formula is C24H11F9INO11S2. The lowest BCUT2D eigenvalue weighted by Gasteiger charge is -2.12. The Labute approximate surface area is 274 Å². The maximum Gasteiger partial charge on any atom is 0.344 e. The Hall–Kier alpha value is -4.17. The molecule has 0 bridgehead atoms. The summed E-state index contributed by atoms with van der Waals surface area (Å²) >= 11 is 1.51. The summed E-state index contributed by atoms with van der Waals surface area (Å²) in [5.74, 6) is -31.5. The van der Waals surface area contributed by atoms with Crippen LogP contribution in [0.25, 0.3) is 0 Å². The Morgan fingerprint density at radius 3 is 1.79 bits per heavy atom. The zero-order valence-electron chi connectivity index (χ0n) is 22.5. The van der Waals surface area contributed by atoms with Crippen molar-refractivity contribution < 1.29 is 89.5 Å². The highest BCUT2D eigenvalue weighted by molar-refractivity contribution is 14.1. The second-order valence-corrected chi connectivity index (χ2v) is 13.0. The number of amides is 1. The van der Waals surface area contributed by atoms with Crippen LogP contribution in [0.1, 0.15) is 20.7 Å². The van der Waals surface area contributed by atoms with Crippen molar-refractivity contribution in [1.82, 2.24) is 4.72 Å². The molecule has 0 saturated heterocycles. The van der Waals surface area contributed by atoms with Crippen LogP contribution in [0.3, 0.4) is 0 Å². The normalized spacial score (nSPS) is 11.6. The minimum absolute atomic E-state index is 0.0201. The van der Waals surface area contributed by atoms with E-state index in [1.165, 1.54) is 22.6 Å². The van der Waals surface area contributed by atoms with Gasteiger partial charge in [-0.2, -0.15) is 17.2 Å². The first-order valence-corrected chi connectivity index (χ1v) is 16.0. The van der Waals surface area contributed by atoms with Crippen molar-refractivity contribution in [1.29, 1.82) is 0 Å². The van der Waals surface area contributed by atoms with Gasteiger partial charge in [-0.05, 0) is 40.8 Å². The second kappa shape index (κ2) is 14.5. The summed E-state index contributed by atoms with van der Waals surface area (Å²) in [5, 5.41) is 0. The van der Waals surface area contributed by atoms with E-state index in [-0.39, 0.29) is 9.32 Å². The Bertz CT molecular complexity index is 2020. The zero-order chi connectivity index (χ0) is 36.5. The van der Waals surface area contributed by atoms with E-state index < -0.39 is 131 Å². The Kier molecular flexibility index (Phi) is 11.6. The summed E-state index contributed by atoms with van der Waals surface area (Å²) in [6, 6.07) is 2.75. The molecule has 48 heavy (non-hydrogen) atoms. The van der Waals surface area contributed by atoms with E-state index in [0.717, 1.165) is 22.9 Å². The highest BCUT2D eigenvalue weighted by Gasteiger charge is 2.35. The van der Waals surface area contributed by atoms with Gasteiger partial charge in [-0.25, -0.2) is 53.5 Å². The lowest BCUT2D eigenvalue weighted by molar-refractivity contribution is -0.145. The van der Waals surface area contributed by atoms with Crippen LogP contribution in [0.2, 0.25) is 0 Å². The number of esters is 2. The Balaban J connectivity index is 1.59. The van der Waals surface area contributed by atoms with E-state index >= 15 is 0 Å². The molecule has 0 aliphatic rings. The highest BCUT2D eigenvalue weighted by atomic mass is 127. The number of sulfonamides is 1. The van der Waals surface area contributed by atoms with E-state index in [1.807, 2.05) is 0 Å². The number of rotatable bonds is 11. The van der Waals surface area contributed by atoms with Crippen molar-refractivity contribution >= 4 is 60.6 Å². The van der Waals surface area contributed by atoms with Gasteiger partial charge in [0.15, 0.2) is 46.4 Å². The van der Waals surface area contributed by atoms with Gasteiger partial charge in [0.2, 0.25) is 33.2 Å². The second-order valence-electron chi connectivity index (χ2n) is 8.63. The molecule has 0 spiro atoms. The smallest absolute Gasteiger partial charge is 0.344 e. The van der Waals surface area contributed by atoms with Gasteiger partial charge >= 0.3 is 22.1 Å². The topological polar surface area (TPSA) is 179 Å². The van der Waals surface area contributed by atoms with Crippen molar-refractivity contribution in [2.45, 2.75) is 4.90 Å². The van der Waals surface area contributed by atoms with Crippen LogP contribution in [-0.2, 0) is 29.7 Å². The van der Waals surface area contributed by atoms with Crippen LogP contribution in [0.5, 0.6) is 11.5 Å². The van der Waals surface area contributed by atoms with Crippen LogP contribution in [0.15, 0.2) is 23.1 Å². The minimum atomic E-state index is -5.77. The molecular weight excluding hydrogens is 840 g/mol. The van der Waals surface area contributed by atoms with Gasteiger partial charge in [-0.1, -0.05) is 0 Å². The third-order valence-electron chi connectivity index (χ3n) is 5.45. The summed E-state index contributed by atoms with van der Waals surface area (Å²) in [6.07, 6.45) is 0. The molecule has 0 aliphatic carbocycles. The van der Waals surface area contributed by atoms with Gasteiger partial charge in [0.1, 0.15) is 23.7 Å². The molecule has 0 saturated carbocycles. The van der Waals surface area contributed by atoms with Crippen molar-refractivity contribution in [3.63, 3.8) is 0 Å². The van der Waals surface area contributed by atoms with Crippen LogP contribution < -0.4 is 14.2 Å². The lowest BCUT2D eigenvalue weighted by atomic mass is 10.1. The Morgan fingerprint density at radius 2 is 1.29 bits per heavy atom. The average molecular weight is 851 g/mol. The maximum atomic E-state index is 14.2. The number of hydrogen-bond donors (Lipinski definition) is 2. The summed E-state index contributed by atoms with van der Waals surface area (Å²) in [6.45, 7) is -1.98. The molecule has 0 radical (unpaired) electrons. The zero-order valence-corrected chi connectivity index (χ0v) is 26.3. The van der Waals surface area contributed by atoms with Gasteiger partial charge in [-0.15, -0.1) is 0 Å². The maximum absolute atomic E-state index is 14.2. The fourth-order valence-corrected chi connectivity index (χ4v) is 5.39. The predicted octanol–water partition coefficient (Wildman–Crippen LogP) is 3.69. The molecule has 3 rings (SSSR count). The molecule has 2 N–H and O–H groups in total. The summed E-state index contributed by atoms with van der Waals surface area (Å²) in [7, 11) is -10.7. The molecule has 12 nitrogen and oxygen atoms in total. The molecule has 0 atom stereocenters. The average Bonchev–Trinajstić information content (AvgIpc) is 2.98. The fourth-order valence-electron chi connectivity index (χ4n) is 3.30. The molecule has 3 aromatic carbocycles. The third-order valence-corrected chi connectivity index (χ3v) is 8.37. The van der Waals surface area contributed by atoms with Gasteiger partial charge in [0.05, 0.1) is 9.13 Å². The van der Waals surface area contributed by atoms with E-state index in [2.05, 4.69) is 9.47 Å². The van der Waals surface area contributed by atoms with Crippen molar-refractivity contribution in [2.24, 2.45) is 0 Å². The van der Waals surface area contributed by atoms with Gasteiger partial charge in [0.25, 0.3) is 5.91 Å². The van der Waals surface area contributed by atoms with Gasteiger partial charge < -0.3 is 14.2 Å². The first kappa shape index (κ1) is 38.3. The quantitative estimate of drug-likeness (QED) is 0.0547. The lowest BCUT2D eigenvalue weighted by Crippen LogP contribution is -2.36. The van der Waals surface area contributed by atoms with Crippen LogP contribution in [0, 0.1) is 55.9 Å². The fraction of sp³-hybridized carbons (Fsp3) is 0.125. The molecule has 0 aromatic heterocycles. The number of nitrogens with one attached hydrogen (secondary N) is 1. The molecule has 0 fully saturated rings. The van der Waals surface area contributed by atoms with Crippen LogP contribution in [-0.4, -0.2) is 58.2 Å². The molecule has 0 heterocycles. The van der Waals surface area contributed by atoms with Crippen LogP contribution in [0.4, 0.5) is 39.5 Å². The molecule has 0 aliphatic heterocycles. The molecule has 0 unspecified atom stereocenters. The SMILES string of the molecule is O=C(COc1ccc(C(=O)Oc2c(F)c(F)c(S(=O)(=O)O)c(F)c2F)cc1I)OCCS(=O)(=O)NC(=O)c1c(F)c(F)c(F)c(F)c1F. The van der Waals surface area contributed by atoms with E-state index in [1.54, 1.807) is 0 Å². The number of benzene rings is 3. The largest absolute Gasteiger partial charge is 0.481 e. The Morgan fingerprint density at radius 1 is 0.771 bits per heavy atom. The molecule has 24 heteroatoms. The minimum Gasteiger partial charge on any atom is -0.481 e. The highest BCUT2D eigenvalue weighted by Crippen LogP contribution is 2.33. The van der Waals surface area contributed by atoms with Gasteiger partial charge in [-0.3, -0.25) is 9.35 Å². The number of halogens is 10. The molecule has 1 amide bonds. The molecule has 3 aromatic rings. The first-order chi connectivity index (χ1) is 22.1. The standard InChI is InChI=1S/C24H11F9INO11S2/c25-12-11(13(26)15(28)16(29)14(12)27)23(37)35-47(39,40)4-3-44-10(36)6-45-9-2-1-7(5-8(9)34)24(38)46-21-17(30)19(32)22(48(41,42)43)20(33)18(21)31/h1-2,5H,3-4,6H2,(H,35,37)(H,41,42,43). The summed E-state index contributed by atoms with van der Waals surface area (Å²) in [4.78, 5) is 33.8. The first-order valence-electron chi connectivity index (χ1n) is 11.8. The monoisotopic (exact) mass is 851 g/mol. The van der Waals surface area contributed by atoms with E-state index in [0.29, 0.717) is 0 Å². The third kappa shape index (κ3) is 8.27. The number of carbonyl (C=O) groups excluding carboxylic acids is 3. The van der Waals surface area contributed by atoms with Crippen molar-refractivity contribution in [2.75, 3.05) is 19.0 Å². The summed E-state index contributed by atoms with van der Waals surface area (Å²) < 4.78 is 193. The number of hydrogen-bond acceptors (Lipinski definition) is 10. The van der Waals surface area contributed by atoms with Crippen molar-refractivity contribution in [3.8, 4) is 11.5 Å². The summed E-state index contributed by atoms with van der Waals surface area (Å²) in [5.41, 5.74) is -2.63. The molecule has 260 valence electrons. The van der Waals surface area contributed by atoms with E-state index in [9.17, 15) is 70.7 Å².